The van der Waals surface area contributed by atoms with Crippen molar-refractivity contribution in [3.8, 4) is 22.9 Å². The lowest BCUT2D eigenvalue weighted by Crippen LogP contribution is -2.55. The van der Waals surface area contributed by atoms with Gasteiger partial charge in [-0.15, -0.1) is 0 Å². The number of hydrogen-bond acceptors (Lipinski definition) is 7. The lowest BCUT2D eigenvalue weighted by Gasteiger charge is -2.44. The van der Waals surface area contributed by atoms with Crippen molar-refractivity contribution in [1.82, 2.24) is 14.5 Å². The molecule has 13 heteroatoms. The number of carbonyl (C=O) groups is 1. The smallest absolute Gasteiger partial charge is 0.367 e. The number of benzene rings is 1. The van der Waals surface area contributed by atoms with Gasteiger partial charge in [-0.05, 0) is 39.1 Å². The summed E-state index contributed by atoms with van der Waals surface area (Å²) in [4.78, 5) is 35.1. The standard InChI is InChI=1S/C28H29F4N7O2/c1-15-12-38(13-16(2)37(15)5)23-9-22(29)19(18-6-17(10-33)27(35-11-18)36(3)4)7-24(23)39-14-20(26(34)41)21(8-25(39)40)28(30,31)32/h6-9,11,14-16H,12-13H2,1-5H3,(H2,34,41). The third-order valence-corrected chi connectivity index (χ3v) is 7.37. The number of pyridine rings is 2. The van der Waals surface area contributed by atoms with Crippen LogP contribution in [-0.4, -0.2) is 66.7 Å². The molecule has 1 saturated heterocycles. The maximum atomic E-state index is 15.8. The molecule has 0 spiro atoms. The van der Waals surface area contributed by atoms with E-state index >= 15 is 4.39 Å². The van der Waals surface area contributed by atoms with Gasteiger partial charge >= 0.3 is 6.18 Å². The number of alkyl halides is 3. The van der Waals surface area contributed by atoms with Crippen molar-refractivity contribution in [3.05, 3.63) is 69.5 Å². The first-order valence-electron chi connectivity index (χ1n) is 12.7. The zero-order valence-electron chi connectivity index (χ0n) is 23.1. The number of nitrogens with two attached hydrogens (primary N) is 1. The molecule has 9 nitrogen and oxygen atoms in total. The number of piperazine rings is 1. The first-order valence-corrected chi connectivity index (χ1v) is 12.7. The summed E-state index contributed by atoms with van der Waals surface area (Å²) in [7, 11) is 5.34. The summed E-state index contributed by atoms with van der Waals surface area (Å²) in [5.74, 6) is -1.71. The van der Waals surface area contributed by atoms with Gasteiger partial charge in [0.2, 0.25) is 0 Å². The highest BCUT2D eigenvalue weighted by molar-refractivity contribution is 5.94. The second-order valence-corrected chi connectivity index (χ2v) is 10.4. The fourth-order valence-corrected chi connectivity index (χ4v) is 5.02. The van der Waals surface area contributed by atoms with Crippen LogP contribution in [0.1, 0.15) is 35.3 Å². The van der Waals surface area contributed by atoms with Crippen molar-refractivity contribution in [3.63, 3.8) is 0 Å². The molecule has 0 saturated carbocycles. The highest BCUT2D eigenvalue weighted by Gasteiger charge is 2.36. The largest absolute Gasteiger partial charge is 0.417 e. The Labute approximate surface area is 234 Å². The summed E-state index contributed by atoms with van der Waals surface area (Å²) in [5.41, 5.74) is 2.46. The average Bonchev–Trinajstić information content (AvgIpc) is 2.90. The van der Waals surface area contributed by atoms with E-state index in [4.69, 9.17) is 5.73 Å². The molecule has 1 aromatic carbocycles. The molecule has 4 rings (SSSR count). The molecule has 3 heterocycles. The third kappa shape index (κ3) is 5.60. The van der Waals surface area contributed by atoms with Gasteiger partial charge in [-0.2, -0.15) is 18.4 Å². The van der Waals surface area contributed by atoms with Crippen LogP contribution >= 0.6 is 0 Å². The molecule has 1 aliphatic heterocycles. The van der Waals surface area contributed by atoms with E-state index in [0.29, 0.717) is 25.0 Å². The number of nitriles is 1. The zero-order valence-corrected chi connectivity index (χ0v) is 23.1. The van der Waals surface area contributed by atoms with Crippen LogP contribution in [0, 0.1) is 17.1 Å². The van der Waals surface area contributed by atoms with Crippen LogP contribution in [0.15, 0.2) is 41.5 Å². The van der Waals surface area contributed by atoms with E-state index in [1.807, 2.05) is 31.9 Å². The normalized spacial score (nSPS) is 17.8. The molecule has 1 fully saturated rings. The van der Waals surface area contributed by atoms with Crippen molar-refractivity contribution >= 4 is 17.4 Å². The van der Waals surface area contributed by atoms with Crippen LogP contribution in [0.3, 0.4) is 0 Å². The number of likely N-dealkylation sites (N-methyl/N-ethyl adjacent to an activating group) is 1. The second-order valence-electron chi connectivity index (χ2n) is 10.4. The fourth-order valence-electron chi connectivity index (χ4n) is 5.02. The number of anilines is 2. The SMILES string of the molecule is CC1CN(c2cc(F)c(-c3cnc(N(C)C)c(C#N)c3)cc2-n2cc(C(N)=O)c(C(F)(F)F)cc2=O)CC(C)N1C. The minimum absolute atomic E-state index is 0.0285. The Bertz CT molecular complexity index is 1600. The van der Waals surface area contributed by atoms with Gasteiger partial charge in [-0.25, -0.2) is 9.37 Å². The first kappa shape index (κ1) is 29.5. The summed E-state index contributed by atoms with van der Waals surface area (Å²) < 4.78 is 57.7. The van der Waals surface area contributed by atoms with E-state index < -0.39 is 34.6 Å². The van der Waals surface area contributed by atoms with Crippen molar-refractivity contribution in [1.29, 1.82) is 5.26 Å². The summed E-state index contributed by atoms with van der Waals surface area (Å²) in [6, 6.07) is 6.35. The molecule has 0 bridgehead atoms. The van der Waals surface area contributed by atoms with Crippen LogP contribution in [0.5, 0.6) is 0 Å². The Morgan fingerprint density at radius 3 is 2.29 bits per heavy atom. The van der Waals surface area contributed by atoms with Crippen molar-refractivity contribution in [2.24, 2.45) is 5.73 Å². The van der Waals surface area contributed by atoms with Gasteiger partial charge in [-0.1, -0.05) is 0 Å². The molecule has 2 aromatic heterocycles. The summed E-state index contributed by atoms with van der Waals surface area (Å²) in [5, 5.41) is 9.63. The van der Waals surface area contributed by atoms with Gasteiger partial charge in [0, 0.05) is 68.9 Å². The van der Waals surface area contributed by atoms with Crippen LogP contribution in [0.25, 0.3) is 16.8 Å². The van der Waals surface area contributed by atoms with E-state index in [2.05, 4.69) is 9.88 Å². The molecule has 2 N–H and O–H groups in total. The lowest BCUT2D eigenvalue weighted by atomic mass is 10.0. The molecule has 2 unspecified atom stereocenters. The van der Waals surface area contributed by atoms with Gasteiger partial charge < -0.3 is 15.5 Å². The van der Waals surface area contributed by atoms with Crippen LogP contribution in [0.4, 0.5) is 29.1 Å². The number of primary amides is 1. The van der Waals surface area contributed by atoms with E-state index in [1.165, 1.54) is 24.4 Å². The number of nitrogens with zero attached hydrogens (tertiary/aromatic N) is 6. The highest BCUT2D eigenvalue weighted by Crippen LogP contribution is 2.36. The predicted molar refractivity (Wildman–Crippen MR) is 147 cm³/mol. The van der Waals surface area contributed by atoms with Gasteiger partial charge in [0.1, 0.15) is 17.7 Å². The Kier molecular flexibility index (Phi) is 7.82. The quantitative estimate of drug-likeness (QED) is 0.466. The molecular weight excluding hydrogens is 542 g/mol. The number of hydrogen-bond donors (Lipinski definition) is 1. The van der Waals surface area contributed by atoms with E-state index in [-0.39, 0.29) is 40.1 Å². The molecule has 3 aromatic rings. The Morgan fingerprint density at radius 2 is 1.76 bits per heavy atom. The molecule has 2 atom stereocenters. The summed E-state index contributed by atoms with van der Waals surface area (Å²) >= 11 is 0. The van der Waals surface area contributed by atoms with Gasteiger partial charge in [0.05, 0.1) is 28.1 Å². The minimum atomic E-state index is -5.00. The Morgan fingerprint density at radius 1 is 1.12 bits per heavy atom. The van der Waals surface area contributed by atoms with E-state index in [1.54, 1.807) is 19.0 Å². The second kappa shape index (κ2) is 10.9. The Hall–Kier alpha value is -4.44. The highest BCUT2D eigenvalue weighted by atomic mass is 19.4. The van der Waals surface area contributed by atoms with Gasteiger partial charge in [-0.3, -0.25) is 19.1 Å². The van der Waals surface area contributed by atoms with Crippen molar-refractivity contribution in [2.45, 2.75) is 32.1 Å². The van der Waals surface area contributed by atoms with Crippen LogP contribution in [0.2, 0.25) is 0 Å². The zero-order chi connectivity index (χ0) is 30.4. The molecule has 1 aliphatic rings. The number of halogens is 4. The lowest BCUT2D eigenvalue weighted by molar-refractivity contribution is -0.138. The first-order chi connectivity index (χ1) is 19.1. The maximum Gasteiger partial charge on any atom is 0.417 e. The Balaban J connectivity index is 2.02. The molecule has 41 heavy (non-hydrogen) atoms. The minimum Gasteiger partial charge on any atom is -0.367 e. The van der Waals surface area contributed by atoms with Crippen molar-refractivity contribution in [2.75, 3.05) is 44.0 Å². The fraction of sp³-hybridized carbons (Fsp3) is 0.357. The predicted octanol–water partition coefficient (Wildman–Crippen LogP) is 3.62. The average molecular weight is 572 g/mol. The number of amides is 1. The molecule has 1 amide bonds. The number of rotatable bonds is 5. The van der Waals surface area contributed by atoms with Crippen molar-refractivity contribution < 1.29 is 22.4 Å². The van der Waals surface area contributed by atoms with Gasteiger partial charge in [0.15, 0.2) is 0 Å². The van der Waals surface area contributed by atoms with Gasteiger partial charge in [0.25, 0.3) is 11.5 Å². The third-order valence-electron chi connectivity index (χ3n) is 7.37. The molecule has 0 radical (unpaired) electrons. The topological polar surface area (TPSA) is 111 Å². The molecular formula is C28H29F4N7O2. The summed E-state index contributed by atoms with van der Waals surface area (Å²) in [6.45, 7) is 4.82. The van der Waals surface area contributed by atoms with Crippen LogP contribution < -0.4 is 21.1 Å². The molecule has 0 aliphatic carbocycles. The number of carbonyl (C=O) groups excluding carboxylic acids is 1. The molecule has 216 valence electrons. The van der Waals surface area contributed by atoms with Crippen LogP contribution in [-0.2, 0) is 6.18 Å². The summed E-state index contributed by atoms with van der Waals surface area (Å²) in [6.07, 6.45) is -2.90. The number of aromatic nitrogens is 2. The van der Waals surface area contributed by atoms with E-state index in [0.717, 1.165) is 10.8 Å². The van der Waals surface area contributed by atoms with E-state index in [9.17, 15) is 28.0 Å². The monoisotopic (exact) mass is 571 g/mol. The maximum absolute atomic E-state index is 15.8.